The fourth-order valence-corrected chi connectivity index (χ4v) is 2.01. The van der Waals surface area contributed by atoms with E-state index in [2.05, 4.69) is 20.3 Å². The smallest absolute Gasteiger partial charge is 0.271 e. The number of hydrogen-bond donors (Lipinski definition) is 3. The first-order valence-corrected chi connectivity index (χ1v) is 7.25. The summed E-state index contributed by atoms with van der Waals surface area (Å²) in [5, 5.41) is 4.28. The second kappa shape index (κ2) is 7.47. The highest BCUT2D eigenvalue weighted by molar-refractivity contribution is 5.96. The van der Waals surface area contributed by atoms with Crippen LogP contribution in [0.15, 0.2) is 24.7 Å². The molecule has 0 spiro atoms. The molecule has 2 heterocycles. The molecule has 9 heteroatoms. The van der Waals surface area contributed by atoms with E-state index in [1.807, 2.05) is 13.0 Å². The molecule has 0 aliphatic carbocycles. The van der Waals surface area contributed by atoms with Gasteiger partial charge >= 0.3 is 0 Å². The SMILES string of the molecule is Cc1cncc(Nc2nc(N(N)C(C)CC=O)cnc2C(N)=O)c1. The molecule has 1 atom stereocenters. The van der Waals surface area contributed by atoms with Crippen LogP contribution in [0.2, 0.25) is 0 Å². The number of aromatic nitrogens is 3. The number of nitrogens with one attached hydrogen (secondary N) is 1. The first-order valence-electron chi connectivity index (χ1n) is 7.25. The summed E-state index contributed by atoms with van der Waals surface area (Å²) in [6.07, 6.45) is 5.63. The molecular weight excluding hydrogens is 310 g/mol. The van der Waals surface area contributed by atoms with Crippen molar-refractivity contribution in [3.63, 3.8) is 0 Å². The molecule has 0 fully saturated rings. The molecule has 126 valence electrons. The number of pyridine rings is 1. The number of anilines is 3. The highest BCUT2D eigenvalue weighted by Gasteiger charge is 2.18. The Morgan fingerprint density at radius 2 is 2.17 bits per heavy atom. The van der Waals surface area contributed by atoms with Crippen LogP contribution in [-0.2, 0) is 4.79 Å². The molecule has 2 aromatic heterocycles. The van der Waals surface area contributed by atoms with E-state index in [9.17, 15) is 9.59 Å². The highest BCUT2D eigenvalue weighted by atomic mass is 16.1. The van der Waals surface area contributed by atoms with Gasteiger partial charge in [0.2, 0.25) is 0 Å². The third-order valence-electron chi connectivity index (χ3n) is 3.31. The van der Waals surface area contributed by atoms with Crippen LogP contribution in [0.1, 0.15) is 29.4 Å². The van der Waals surface area contributed by atoms with Crippen molar-refractivity contribution in [2.75, 3.05) is 10.3 Å². The molecule has 0 aliphatic heterocycles. The van der Waals surface area contributed by atoms with Crippen LogP contribution in [-0.4, -0.2) is 33.2 Å². The number of aryl methyl sites for hydroxylation is 1. The normalized spacial score (nSPS) is 11.6. The summed E-state index contributed by atoms with van der Waals surface area (Å²) in [5.41, 5.74) is 6.89. The Bertz CT molecular complexity index is 750. The van der Waals surface area contributed by atoms with Crippen LogP contribution < -0.4 is 21.9 Å². The van der Waals surface area contributed by atoms with Gasteiger partial charge in [0.1, 0.15) is 6.29 Å². The van der Waals surface area contributed by atoms with Gasteiger partial charge in [-0.25, -0.2) is 15.8 Å². The van der Waals surface area contributed by atoms with Gasteiger partial charge in [-0.15, -0.1) is 0 Å². The monoisotopic (exact) mass is 329 g/mol. The first kappa shape index (κ1) is 17.3. The van der Waals surface area contributed by atoms with Crippen molar-refractivity contribution in [1.29, 1.82) is 0 Å². The van der Waals surface area contributed by atoms with Gasteiger partial charge in [-0.3, -0.25) is 14.8 Å². The number of aldehydes is 1. The third kappa shape index (κ3) is 4.02. The minimum absolute atomic E-state index is 0.0169. The van der Waals surface area contributed by atoms with Crippen LogP contribution in [0, 0.1) is 6.92 Å². The molecule has 2 rings (SSSR count). The van der Waals surface area contributed by atoms with Crippen LogP contribution in [0.25, 0.3) is 0 Å². The van der Waals surface area contributed by atoms with E-state index < -0.39 is 5.91 Å². The summed E-state index contributed by atoms with van der Waals surface area (Å²) in [6.45, 7) is 3.66. The van der Waals surface area contributed by atoms with E-state index in [1.165, 1.54) is 11.2 Å². The maximum atomic E-state index is 11.6. The zero-order valence-electron chi connectivity index (χ0n) is 13.4. The summed E-state index contributed by atoms with van der Waals surface area (Å²) in [5.74, 6) is 5.70. The summed E-state index contributed by atoms with van der Waals surface area (Å²) in [4.78, 5) is 34.6. The maximum Gasteiger partial charge on any atom is 0.271 e. The Hall–Kier alpha value is -3.07. The van der Waals surface area contributed by atoms with Crippen molar-refractivity contribution in [3.8, 4) is 0 Å². The number of nitrogens with zero attached hydrogens (tertiary/aromatic N) is 4. The number of nitrogens with two attached hydrogens (primary N) is 2. The van der Waals surface area contributed by atoms with Crippen molar-refractivity contribution >= 4 is 29.5 Å². The number of amides is 1. The van der Waals surface area contributed by atoms with E-state index in [-0.39, 0.29) is 24.0 Å². The Balaban J connectivity index is 2.38. The second-order valence-electron chi connectivity index (χ2n) is 5.32. The fraction of sp³-hybridized carbons (Fsp3) is 0.267. The fourth-order valence-electron chi connectivity index (χ4n) is 2.01. The minimum Gasteiger partial charge on any atom is -0.364 e. The van der Waals surface area contributed by atoms with Gasteiger partial charge in [-0.05, 0) is 25.5 Å². The van der Waals surface area contributed by atoms with Gasteiger partial charge in [0.15, 0.2) is 17.3 Å². The first-order chi connectivity index (χ1) is 11.4. The quantitative estimate of drug-likeness (QED) is 0.382. The lowest BCUT2D eigenvalue weighted by Gasteiger charge is -2.24. The molecule has 0 bridgehead atoms. The van der Waals surface area contributed by atoms with E-state index >= 15 is 0 Å². The maximum absolute atomic E-state index is 11.6. The molecule has 0 saturated carbocycles. The standard InChI is InChI=1S/C15H19N7O2/c1-9-5-11(7-18-6-9)20-15-13(14(16)24)19-8-12(21-15)22(17)10(2)3-4-23/h4-8,10H,3,17H2,1-2H3,(H2,16,24)(H,20,21). The van der Waals surface area contributed by atoms with Crippen molar-refractivity contribution in [2.45, 2.75) is 26.3 Å². The van der Waals surface area contributed by atoms with Gasteiger partial charge < -0.3 is 15.8 Å². The third-order valence-corrected chi connectivity index (χ3v) is 3.31. The molecule has 1 unspecified atom stereocenters. The Labute approximate surface area is 139 Å². The van der Waals surface area contributed by atoms with Crippen molar-refractivity contribution in [2.24, 2.45) is 11.6 Å². The number of carbonyl (C=O) groups excluding carboxylic acids is 2. The summed E-state index contributed by atoms with van der Waals surface area (Å²) >= 11 is 0. The van der Waals surface area contributed by atoms with E-state index in [0.717, 1.165) is 11.8 Å². The number of carbonyl (C=O) groups is 2. The Morgan fingerprint density at radius 3 is 2.79 bits per heavy atom. The van der Waals surface area contributed by atoms with E-state index in [0.29, 0.717) is 11.5 Å². The molecule has 24 heavy (non-hydrogen) atoms. The lowest BCUT2D eigenvalue weighted by atomic mass is 10.2. The van der Waals surface area contributed by atoms with Crippen molar-refractivity contribution < 1.29 is 9.59 Å². The molecular formula is C15H19N7O2. The lowest BCUT2D eigenvalue weighted by Crippen LogP contribution is -2.40. The minimum atomic E-state index is -0.721. The number of primary amides is 1. The highest BCUT2D eigenvalue weighted by Crippen LogP contribution is 2.21. The van der Waals surface area contributed by atoms with Crippen LogP contribution in [0.4, 0.5) is 17.3 Å². The summed E-state index contributed by atoms with van der Waals surface area (Å²) in [7, 11) is 0. The number of rotatable bonds is 7. The number of hydrogen-bond acceptors (Lipinski definition) is 8. The molecule has 0 aromatic carbocycles. The van der Waals surface area contributed by atoms with Crippen LogP contribution in [0.5, 0.6) is 0 Å². The molecule has 2 aromatic rings. The van der Waals surface area contributed by atoms with E-state index in [4.69, 9.17) is 11.6 Å². The van der Waals surface area contributed by atoms with Crippen LogP contribution >= 0.6 is 0 Å². The Morgan fingerprint density at radius 1 is 1.42 bits per heavy atom. The Kier molecular flexibility index (Phi) is 5.38. The topological polar surface area (TPSA) is 140 Å². The van der Waals surface area contributed by atoms with Gasteiger partial charge in [-0.2, -0.15) is 0 Å². The molecule has 9 nitrogen and oxygen atoms in total. The summed E-state index contributed by atoms with van der Waals surface area (Å²) < 4.78 is 0. The molecule has 5 N–H and O–H groups in total. The van der Waals surface area contributed by atoms with Crippen molar-refractivity contribution in [1.82, 2.24) is 15.0 Å². The second-order valence-corrected chi connectivity index (χ2v) is 5.32. The predicted molar refractivity (Wildman–Crippen MR) is 89.6 cm³/mol. The average Bonchev–Trinajstić information content (AvgIpc) is 2.54. The molecule has 1 amide bonds. The van der Waals surface area contributed by atoms with Gasteiger partial charge in [-0.1, -0.05) is 0 Å². The average molecular weight is 329 g/mol. The van der Waals surface area contributed by atoms with Gasteiger partial charge in [0.25, 0.3) is 5.91 Å². The summed E-state index contributed by atoms with van der Waals surface area (Å²) in [6, 6.07) is 1.56. The van der Waals surface area contributed by atoms with Crippen molar-refractivity contribution in [3.05, 3.63) is 35.9 Å². The van der Waals surface area contributed by atoms with Crippen LogP contribution in [0.3, 0.4) is 0 Å². The lowest BCUT2D eigenvalue weighted by molar-refractivity contribution is -0.108. The van der Waals surface area contributed by atoms with Gasteiger partial charge in [0.05, 0.1) is 24.1 Å². The molecule has 0 saturated heterocycles. The molecule has 0 radical (unpaired) electrons. The number of hydrazine groups is 1. The largest absolute Gasteiger partial charge is 0.364 e. The molecule has 0 aliphatic rings. The van der Waals surface area contributed by atoms with E-state index in [1.54, 1.807) is 19.3 Å². The zero-order valence-corrected chi connectivity index (χ0v) is 13.4. The van der Waals surface area contributed by atoms with Gasteiger partial charge in [0, 0.05) is 12.6 Å². The zero-order chi connectivity index (χ0) is 17.7. The predicted octanol–water partition coefficient (Wildman–Crippen LogP) is 0.680.